The number of nitrogens with two attached hydrogens (primary N) is 1. The van der Waals surface area contributed by atoms with Crippen molar-refractivity contribution in [2.75, 3.05) is 19.0 Å². The molecule has 2 unspecified atom stereocenters. The van der Waals surface area contributed by atoms with Crippen molar-refractivity contribution in [3.8, 4) is 0 Å². The van der Waals surface area contributed by atoms with Gasteiger partial charge in [-0.15, -0.1) is 12.4 Å². The number of carbonyl (C=O) groups is 3. The molecule has 0 saturated heterocycles. The second-order valence-electron chi connectivity index (χ2n) is 7.02. The lowest BCUT2D eigenvalue weighted by atomic mass is 9.74. The van der Waals surface area contributed by atoms with Crippen LogP contribution in [0.5, 0.6) is 0 Å². The molecular formula is C19H28ClN3O4. The van der Waals surface area contributed by atoms with Gasteiger partial charge in [-0.1, -0.05) is 25.0 Å². The number of benzene rings is 1. The van der Waals surface area contributed by atoms with Crippen molar-refractivity contribution >= 4 is 35.9 Å². The number of rotatable bonds is 6. The number of hydrogen-bond acceptors (Lipinski definition) is 5. The highest BCUT2D eigenvalue weighted by atomic mass is 35.5. The first-order valence-corrected chi connectivity index (χ1v) is 8.84. The summed E-state index contributed by atoms with van der Waals surface area (Å²) in [5.74, 6) is -1.02. The fraction of sp³-hybridized carbons (Fsp3) is 0.526. The molecule has 7 nitrogen and oxygen atoms in total. The van der Waals surface area contributed by atoms with Gasteiger partial charge >= 0.3 is 5.97 Å². The molecule has 1 aliphatic carbocycles. The lowest BCUT2D eigenvalue weighted by molar-refractivity contribution is -0.141. The lowest BCUT2D eigenvalue weighted by Gasteiger charge is -2.37. The van der Waals surface area contributed by atoms with Gasteiger partial charge in [-0.2, -0.15) is 0 Å². The first kappa shape index (κ1) is 22.9. The SMILES string of the molecule is COC(=O)CNC(=O)Cc1ccc(NC(=O)C2CCCCC2(C)N)cc1.Cl. The fourth-order valence-electron chi connectivity index (χ4n) is 3.22. The van der Waals surface area contributed by atoms with Gasteiger partial charge in [-0.05, 0) is 37.5 Å². The van der Waals surface area contributed by atoms with Crippen LogP contribution >= 0.6 is 12.4 Å². The summed E-state index contributed by atoms with van der Waals surface area (Å²) in [4.78, 5) is 35.3. The minimum Gasteiger partial charge on any atom is -0.468 e. The highest BCUT2D eigenvalue weighted by molar-refractivity contribution is 5.93. The van der Waals surface area contributed by atoms with E-state index in [1.807, 2.05) is 6.92 Å². The van der Waals surface area contributed by atoms with Gasteiger partial charge in [0.05, 0.1) is 19.4 Å². The van der Waals surface area contributed by atoms with Crippen LogP contribution in [0.15, 0.2) is 24.3 Å². The summed E-state index contributed by atoms with van der Waals surface area (Å²) in [6, 6.07) is 7.07. The summed E-state index contributed by atoms with van der Waals surface area (Å²) < 4.78 is 4.47. The maximum Gasteiger partial charge on any atom is 0.325 e. The van der Waals surface area contributed by atoms with Crippen LogP contribution in [0, 0.1) is 5.92 Å². The Balaban J connectivity index is 0.00000364. The Hall–Kier alpha value is -2.12. The number of esters is 1. The zero-order valence-electron chi connectivity index (χ0n) is 15.7. The molecule has 1 aromatic carbocycles. The third-order valence-electron chi connectivity index (χ3n) is 4.81. The second-order valence-corrected chi connectivity index (χ2v) is 7.02. The Morgan fingerprint density at radius 3 is 2.48 bits per heavy atom. The highest BCUT2D eigenvalue weighted by Gasteiger charge is 2.37. The van der Waals surface area contributed by atoms with Crippen LogP contribution < -0.4 is 16.4 Å². The van der Waals surface area contributed by atoms with Crippen LogP contribution in [0.3, 0.4) is 0 Å². The average molecular weight is 398 g/mol. The van der Waals surface area contributed by atoms with Crippen LogP contribution in [-0.2, 0) is 25.5 Å². The molecule has 0 radical (unpaired) electrons. The van der Waals surface area contributed by atoms with Gasteiger partial charge in [0.25, 0.3) is 0 Å². The van der Waals surface area contributed by atoms with Crippen molar-refractivity contribution in [2.45, 2.75) is 44.6 Å². The van der Waals surface area contributed by atoms with Gasteiger partial charge in [0.15, 0.2) is 0 Å². The zero-order valence-corrected chi connectivity index (χ0v) is 16.6. The first-order chi connectivity index (χ1) is 12.3. The Labute approximate surface area is 165 Å². The molecule has 2 rings (SSSR count). The van der Waals surface area contributed by atoms with Crippen molar-refractivity contribution in [3.63, 3.8) is 0 Å². The minimum atomic E-state index is -0.494. The molecule has 8 heteroatoms. The molecular weight excluding hydrogens is 370 g/mol. The molecule has 2 amide bonds. The van der Waals surface area contributed by atoms with Gasteiger partial charge in [0.2, 0.25) is 11.8 Å². The monoisotopic (exact) mass is 397 g/mol. The Bertz CT molecular complexity index is 661. The largest absolute Gasteiger partial charge is 0.468 e. The minimum absolute atomic E-state index is 0. The number of ether oxygens (including phenoxy) is 1. The summed E-state index contributed by atoms with van der Waals surface area (Å²) in [6.45, 7) is 1.79. The number of amides is 2. The van der Waals surface area contributed by atoms with Crippen LogP contribution in [0.1, 0.15) is 38.2 Å². The molecule has 0 aliphatic heterocycles. The molecule has 4 N–H and O–H groups in total. The van der Waals surface area contributed by atoms with Crippen LogP contribution in [0.25, 0.3) is 0 Å². The molecule has 2 atom stereocenters. The molecule has 0 bridgehead atoms. The molecule has 1 aliphatic rings. The lowest BCUT2D eigenvalue weighted by Crippen LogP contribution is -2.51. The average Bonchev–Trinajstić information content (AvgIpc) is 2.60. The molecule has 1 aromatic rings. The Morgan fingerprint density at radius 1 is 1.22 bits per heavy atom. The molecule has 150 valence electrons. The maximum absolute atomic E-state index is 12.5. The van der Waals surface area contributed by atoms with E-state index in [9.17, 15) is 14.4 Å². The van der Waals surface area contributed by atoms with Gasteiger partial charge in [-0.25, -0.2) is 0 Å². The van der Waals surface area contributed by atoms with Crippen molar-refractivity contribution in [3.05, 3.63) is 29.8 Å². The first-order valence-electron chi connectivity index (χ1n) is 8.84. The predicted molar refractivity (Wildman–Crippen MR) is 106 cm³/mol. The van der Waals surface area contributed by atoms with Crippen LogP contribution in [0.4, 0.5) is 5.69 Å². The van der Waals surface area contributed by atoms with Crippen LogP contribution in [-0.4, -0.2) is 37.0 Å². The number of hydrogen-bond donors (Lipinski definition) is 3. The molecule has 27 heavy (non-hydrogen) atoms. The highest BCUT2D eigenvalue weighted by Crippen LogP contribution is 2.32. The van der Waals surface area contributed by atoms with Crippen molar-refractivity contribution < 1.29 is 19.1 Å². The van der Waals surface area contributed by atoms with E-state index in [2.05, 4.69) is 15.4 Å². The summed E-state index contributed by atoms with van der Waals surface area (Å²) in [5.41, 5.74) is 7.26. The smallest absolute Gasteiger partial charge is 0.325 e. The zero-order chi connectivity index (χ0) is 19.2. The number of methoxy groups -OCH3 is 1. The third kappa shape index (κ3) is 6.84. The molecule has 1 fully saturated rings. The predicted octanol–water partition coefficient (Wildman–Crippen LogP) is 1.79. The van der Waals surface area contributed by atoms with Gasteiger partial charge in [-0.3, -0.25) is 14.4 Å². The van der Waals surface area contributed by atoms with Crippen LogP contribution in [0.2, 0.25) is 0 Å². The molecule has 0 spiro atoms. The van der Waals surface area contributed by atoms with Crippen molar-refractivity contribution in [2.24, 2.45) is 11.7 Å². The maximum atomic E-state index is 12.5. The molecule has 0 heterocycles. The number of carbonyl (C=O) groups excluding carboxylic acids is 3. The fourth-order valence-corrected chi connectivity index (χ4v) is 3.22. The van der Waals surface area contributed by atoms with E-state index in [0.29, 0.717) is 5.69 Å². The number of nitrogens with one attached hydrogen (secondary N) is 2. The Morgan fingerprint density at radius 2 is 1.89 bits per heavy atom. The van der Waals surface area contributed by atoms with Crippen molar-refractivity contribution in [1.82, 2.24) is 5.32 Å². The summed E-state index contributed by atoms with van der Waals surface area (Å²) >= 11 is 0. The Kier molecular flexibility index (Phi) is 8.72. The van der Waals surface area contributed by atoms with Gasteiger partial charge in [0.1, 0.15) is 6.54 Å². The van der Waals surface area contributed by atoms with E-state index in [1.54, 1.807) is 24.3 Å². The number of anilines is 1. The van der Waals surface area contributed by atoms with E-state index in [4.69, 9.17) is 5.73 Å². The van der Waals surface area contributed by atoms with E-state index in [-0.39, 0.29) is 43.1 Å². The van der Waals surface area contributed by atoms with Gasteiger partial charge < -0.3 is 21.1 Å². The van der Waals surface area contributed by atoms with E-state index in [0.717, 1.165) is 31.2 Å². The van der Waals surface area contributed by atoms with E-state index < -0.39 is 11.5 Å². The normalized spacial score (nSPS) is 21.5. The van der Waals surface area contributed by atoms with E-state index >= 15 is 0 Å². The summed E-state index contributed by atoms with van der Waals surface area (Å²) in [5, 5.41) is 5.40. The van der Waals surface area contributed by atoms with Crippen molar-refractivity contribution in [1.29, 1.82) is 0 Å². The number of halogens is 1. The third-order valence-corrected chi connectivity index (χ3v) is 4.81. The molecule has 0 aromatic heterocycles. The summed E-state index contributed by atoms with van der Waals surface area (Å²) in [7, 11) is 1.27. The standard InChI is InChI=1S/C19H27N3O4.ClH/c1-19(20)10-4-3-5-15(19)18(25)22-14-8-6-13(7-9-14)11-16(23)21-12-17(24)26-2;/h6-9,15H,3-5,10-12,20H2,1-2H3,(H,21,23)(H,22,25);1H. The van der Waals surface area contributed by atoms with E-state index in [1.165, 1.54) is 7.11 Å². The quantitative estimate of drug-likeness (QED) is 0.634. The second kappa shape index (κ2) is 10.3. The summed E-state index contributed by atoms with van der Waals surface area (Å²) in [6.07, 6.45) is 3.88. The van der Waals surface area contributed by atoms with Gasteiger partial charge in [0, 0.05) is 11.2 Å². The topological polar surface area (TPSA) is 111 Å². The molecule has 1 saturated carbocycles.